The summed E-state index contributed by atoms with van der Waals surface area (Å²) in [5.74, 6) is 0. The van der Waals surface area contributed by atoms with E-state index < -0.39 is 0 Å². The smallest absolute Gasteiger partial charge is 0.326 e. The predicted octanol–water partition coefficient (Wildman–Crippen LogP) is 3.77. The van der Waals surface area contributed by atoms with Gasteiger partial charge in [0.2, 0.25) is 0 Å². The van der Waals surface area contributed by atoms with Gasteiger partial charge in [-0.15, -0.1) is 0 Å². The zero-order valence-electron chi connectivity index (χ0n) is 16.3. The molecule has 0 amide bonds. The molecule has 2 heterocycles. The first-order chi connectivity index (χ1) is 13.2. The highest BCUT2D eigenvalue weighted by molar-refractivity contribution is 5.76. The number of piperidine rings is 1. The molecule has 0 unspecified atom stereocenters. The second kappa shape index (κ2) is 7.10. The molecule has 2 saturated carbocycles. The fourth-order valence-electron chi connectivity index (χ4n) is 5.13. The number of aryl methyl sites for hydroxylation is 1. The maximum atomic E-state index is 12.5. The lowest BCUT2D eigenvalue weighted by Crippen LogP contribution is -2.45. The Morgan fingerprint density at radius 2 is 1.59 bits per heavy atom. The maximum absolute atomic E-state index is 12.5. The van der Waals surface area contributed by atoms with Crippen molar-refractivity contribution in [2.75, 3.05) is 13.1 Å². The highest BCUT2D eigenvalue weighted by Gasteiger charge is 2.33. The third-order valence-corrected chi connectivity index (χ3v) is 6.81. The number of likely N-dealkylation sites (tertiary alicyclic amines) is 1. The van der Waals surface area contributed by atoms with Gasteiger partial charge in [0.1, 0.15) is 0 Å². The summed E-state index contributed by atoms with van der Waals surface area (Å²) >= 11 is 0. The van der Waals surface area contributed by atoms with Crippen LogP contribution in [0.3, 0.4) is 0 Å². The van der Waals surface area contributed by atoms with Gasteiger partial charge >= 0.3 is 5.69 Å². The number of fused-ring (bicyclic) bond motifs is 1. The summed E-state index contributed by atoms with van der Waals surface area (Å²) in [6.45, 7) is 4.30. The van der Waals surface area contributed by atoms with E-state index in [0.717, 1.165) is 37.0 Å². The summed E-state index contributed by atoms with van der Waals surface area (Å²) < 4.78 is 8.12. The number of benzene rings is 1. The van der Waals surface area contributed by atoms with Crippen LogP contribution in [0.5, 0.6) is 0 Å². The zero-order chi connectivity index (χ0) is 18.4. The van der Waals surface area contributed by atoms with Crippen LogP contribution in [0.4, 0.5) is 0 Å². The monoisotopic (exact) mass is 369 g/mol. The molecule has 5 heteroatoms. The van der Waals surface area contributed by atoms with Crippen molar-refractivity contribution in [2.24, 2.45) is 0 Å². The molecule has 3 fully saturated rings. The molecule has 146 valence electrons. The Balaban J connectivity index is 1.21. The van der Waals surface area contributed by atoms with Crippen LogP contribution >= 0.6 is 0 Å². The van der Waals surface area contributed by atoms with Gasteiger partial charge in [-0.25, -0.2) is 4.79 Å². The van der Waals surface area contributed by atoms with Crippen LogP contribution in [0.25, 0.3) is 11.0 Å². The number of H-pyrrole nitrogens is 1. The first-order valence-corrected chi connectivity index (χ1v) is 10.8. The van der Waals surface area contributed by atoms with Crippen LogP contribution in [-0.4, -0.2) is 45.8 Å². The third kappa shape index (κ3) is 3.59. The molecular weight excluding hydrogens is 338 g/mol. The van der Waals surface area contributed by atoms with Gasteiger partial charge in [0, 0.05) is 25.2 Å². The molecule has 1 aliphatic heterocycles. The van der Waals surface area contributed by atoms with Gasteiger partial charge in [-0.05, 0) is 76.0 Å². The van der Waals surface area contributed by atoms with Crippen LogP contribution in [0.1, 0.15) is 63.0 Å². The number of hydrogen-bond donors (Lipinski definition) is 1. The zero-order valence-corrected chi connectivity index (χ0v) is 16.3. The first-order valence-electron chi connectivity index (χ1n) is 10.8. The minimum absolute atomic E-state index is 0.0479. The van der Waals surface area contributed by atoms with Gasteiger partial charge in [0.15, 0.2) is 0 Å². The van der Waals surface area contributed by atoms with Crippen molar-refractivity contribution in [3.05, 3.63) is 34.2 Å². The summed E-state index contributed by atoms with van der Waals surface area (Å²) in [6, 6.07) is 7.26. The van der Waals surface area contributed by atoms with E-state index >= 15 is 0 Å². The van der Waals surface area contributed by atoms with Gasteiger partial charge in [-0.1, -0.05) is 6.07 Å². The lowest BCUT2D eigenvalue weighted by molar-refractivity contribution is -0.00683. The maximum Gasteiger partial charge on any atom is 0.326 e. The normalized spacial score (nSPS) is 28.0. The van der Waals surface area contributed by atoms with Gasteiger partial charge in [-0.2, -0.15) is 0 Å². The Hall–Kier alpha value is -1.59. The Morgan fingerprint density at radius 3 is 2.26 bits per heavy atom. The van der Waals surface area contributed by atoms with Crippen molar-refractivity contribution in [1.29, 1.82) is 0 Å². The Kier molecular flexibility index (Phi) is 4.60. The first kappa shape index (κ1) is 17.5. The van der Waals surface area contributed by atoms with E-state index in [1.54, 1.807) is 0 Å². The van der Waals surface area contributed by atoms with Crippen LogP contribution in [0.2, 0.25) is 0 Å². The molecule has 0 atom stereocenters. The number of aromatic nitrogens is 2. The molecule has 2 aromatic rings. The summed E-state index contributed by atoms with van der Waals surface area (Å²) in [4.78, 5) is 18.2. The van der Waals surface area contributed by atoms with Crippen LogP contribution < -0.4 is 5.69 Å². The summed E-state index contributed by atoms with van der Waals surface area (Å²) in [5, 5.41) is 0. The molecule has 5 rings (SSSR count). The number of ether oxygens (including phenoxy) is 1. The molecule has 1 aromatic carbocycles. The SMILES string of the molecule is Cc1ccc2[nH]c(=O)n(C3CCN(C4CCC(OC5CC5)CC4)CC3)c2c1. The molecule has 27 heavy (non-hydrogen) atoms. The molecule has 1 saturated heterocycles. The van der Waals surface area contributed by atoms with Gasteiger partial charge < -0.3 is 14.6 Å². The standard InChI is InChI=1S/C22H31N3O2/c1-15-2-9-20-21(14-15)25(22(26)23-20)17-10-12-24(13-11-17)16-3-5-18(6-4-16)27-19-7-8-19/h2,9,14,16-19H,3-8,10-13H2,1H3,(H,23,26). The van der Waals surface area contributed by atoms with Crippen LogP contribution in [0, 0.1) is 6.92 Å². The van der Waals surface area contributed by atoms with Gasteiger partial charge in [0.05, 0.1) is 23.2 Å². The number of nitrogens with zero attached hydrogens (tertiary/aromatic N) is 2. The van der Waals surface area contributed by atoms with E-state index in [1.807, 2.05) is 10.6 Å². The molecule has 5 nitrogen and oxygen atoms in total. The van der Waals surface area contributed by atoms with Crippen molar-refractivity contribution < 1.29 is 4.74 Å². The lowest BCUT2D eigenvalue weighted by Gasteiger charge is -2.41. The lowest BCUT2D eigenvalue weighted by atomic mass is 9.90. The van der Waals surface area contributed by atoms with E-state index in [0.29, 0.717) is 24.3 Å². The van der Waals surface area contributed by atoms with Gasteiger partial charge in [-0.3, -0.25) is 4.57 Å². The predicted molar refractivity (Wildman–Crippen MR) is 107 cm³/mol. The summed E-state index contributed by atoms with van der Waals surface area (Å²) in [7, 11) is 0. The number of hydrogen-bond acceptors (Lipinski definition) is 3. The van der Waals surface area contributed by atoms with Crippen LogP contribution in [-0.2, 0) is 4.74 Å². The third-order valence-electron chi connectivity index (χ3n) is 6.81. The second-order valence-corrected chi connectivity index (χ2v) is 8.85. The Bertz CT molecular complexity index is 850. The molecule has 3 aliphatic rings. The fourth-order valence-corrected chi connectivity index (χ4v) is 5.13. The highest BCUT2D eigenvalue weighted by atomic mass is 16.5. The Morgan fingerprint density at radius 1 is 0.926 bits per heavy atom. The van der Waals surface area contributed by atoms with Crippen LogP contribution in [0.15, 0.2) is 23.0 Å². The van der Waals surface area contributed by atoms with E-state index in [-0.39, 0.29) is 5.69 Å². The molecule has 2 aliphatic carbocycles. The average molecular weight is 370 g/mol. The number of rotatable bonds is 4. The minimum Gasteiger partial charge on any atom is -0.375 e. The largest absolute Gasteiger partial charge is 0.375 e. The Labute approximate surface area is 160 Å². The van der Waals surface area contributed by atoms with E-state index in [9.17, 15) is 4.79 Å². The highest BCUT2D eigenvalue weighted by Crippen LogP contribution is 2.34. The molecule has 0 bridgehead atoms. The fraction of sp³-hybridized carbons (Fsp3) is 0.682. The van der Waals surface area contributed by atoms with Crippen molar-refractivity contribution in [2.45, 2.75) is 82.6 Å². The van der Waals surface area contributed by atoms with Crippen molar-refractivity contribution in [3.8, 4) is 0 Å². The number of imidazole rings is 1. The number of aromatic amines is 1. The van der Waals surface area contributed by atoms with Crippen molar-refractivity contribution >= 4 is 11.0 Å². The second-order valence-electron chi connectivity index (χ2n) is 8.85. The molecule has 1 aromatic heterocycles. The average Bonchev–Trinajstić information content (AvgIpc) is 3.43. The molecular formula is C22H31N3O2. The summed E-state index contributed by atoms with van der Waals surface area (Å²) in [5.41, 5.74) is 3.28. The van der Waals surface area contributed by atoms with Gasteiger partial charge in [0.25, 0.3) is 0 Å². The van der Waals surface area contributed by atoms with Crippen molar-refractivity contribution in [1.82, 2.24) is 14.5 Å². The molecule has 1 N–H and O–H groups in total. The van der Waals surface area contributed by atoms with E-state index in [4.69, 9.17) is 4.74 Å². The van der Waals surface area contributed by atoms with Crippen molar-refractivity contribution in [3.63, 3.8) is 0 Å². The van der Waals surface area contributed by atoms with E-state index in [2.05, 4.69) is 28.9 Å². The molecule has 0 radical (unpaired) electrons. The number of nitrogens with one attached hydrogen (secondary N) is 1. The quantitative estimate of drug-likeness (QED) is 0.893. The minimum atomic E-state index is 0.0479. The molecule has 0 spiro atoms. The summed E-state index contributed by atoms with van der Waals surface area (Å²) in [6.07, 6.45) is 10.8. The topological polar surface area (TPSA) is 50.3 Å². The van der Waals surface area contributed by atoms with E-state index in [1.165, 1.54) is 44.1 Å².